The Morgan fingerprint density at radius 3 is 2.21 bits per heavy atom. The summed E-state index contributed by atoms with van der Waals surface area (Å²) in [5.74, 6) is 0.359. The fourth-order valence-corrected chi connectivity index (χ4v) is 2.75. The van der Waals surface area contributed by atoms with Crippen molar-refractivity contribution in [3.05, 3.63) is 101 Å². The number of ether oxygens (including phenoxy) is 1. The first-order valence-corrected chi connectivity index (χ1v) is 9.36. The van der Waals surface area contributed by atoms with Gasteiger partial charge in [-0.1, -0.05) is 41.6 Å². The molecule has 0 aliphatic heterocycles. The summed E-state index contributed by atoms with van der Waals surface area (Å²) in [7, 11) is 0. The zero-order valence-electron chi connectivity index (χ0n) is 16.6. The molecule has 3 aromatic carbocycles. The molecule has 0 saturated carbocycles. The Morgan fingerprint density at radius 2 is 1.55 bits per heavy atom. The van der Waals surface area contributed by atoms with Crippen LogP contribution < -0.4 is 10.5 Å². The summed E-state index contributed by atoms with van der Waals surface area (Å²) in [5.41, 5.74) is 10.7. The fourth-order valence-electron chi connectivity index (χ4n) is 2.75. The Morgan fingerprint density at radius 1 is 0.897 bits per heavy atom. The molecule has 0 atom stereocenters. The number of nitrogens with two attached hydrogens (primary N) is 1. The molecule has 0 aliphatic rings. The minimum Gasteiger partial charge on any atom is -0.489 e. The van der Waals surface area contributed by atoms with E-state index in [-0.39, 0.29) is 0 Å². The minimum atomic E-state index is -0.447. The van der Waals surface area contributed by atoms with Crippen molar-refractivity contribution in [3.63, 3.8) is 0 Å². The van der Waals surface area contributed by atoms with E-state index in [4.69, 9.17) is 15.3 Å². The van der Waals surface area contributed by atoms with Crippen molar-refractivity contribution in [1.82, 2.24) is 0 Å². The maximum Gasteiger partial charge on any atom is 0.248 e. The predicted molar refractivity (Wildman–Crippen MR) is 114 cm³/mol. The molecule has 1 amide bonds. The number of amides is 1. The Bertz CT molecular complexity index is 993. The van der Waals surface area contributed by atoms with E-state index >= 15 is 0 Å². The molecule has 0 spiro atoms. The smallest absolute Gasteiger partial charge is 0.248 e. The summed E-state index contributed by atoms with van der Waals surface area (Å²) in [4.78, 5) is 16.5. The van der Waals surface area contributed by atoms with E-state index < -0.39 is 5.91 Å². The van der Waals surface area contributed by atoms with Gasteiger partial charge in [-0.25, -0.2) is 0 Å². The summed E-state index contributed by atoms with van der Waals surface area (Å²) >= 11 is 0. The van der Waals surface area contributed by atoms with Gasteiger partial charge in [-0.3, -0.25) is 4.79 Å². The monoisotopic (exact) mass is 388 g/mol. The van der Waals surface area contributed by atoms with Crippen LogP contribution in [0.5, 0.6) is 5.75 Å². The summed E-state index contributed by atoms with van der Waals surface area (Å²) in [6, 6.07) is 22.9. The normalized spacial score (nSPS) is 11.2. The number of aryl methyl sites for hydroxylation is 1. The largest absolute Gasteiger partial charge is 0.489 e. The number of benzene rings is 3. The zero-order chi connectivity index (χ0) is 20.6. The van der Waals surface area contributed by atoms with Crippen LogP contribution in [0.15, 0.2) is 78.0 Å². The lowest BCUT2D eigenvalue weighted by atomic mass is 10.1. The average molecular weight is 388 g/mol. The van der Waals surface area contributed by atoms with Gasteiger partial charge in [0.2, 0.25) is 5.91 Å². The molecule has 0 radical (unpaired) electrons. The molecule has 0 heterocycles. The second-order valence-electron chi connectivity index (χ2n) is 6.75. The standard InChI is InChI=1S/C24H24N2O3/c1-17-5-3-4-6-22(17)16-28-23-13-11-20(12-14-23)18(2)26-29-15-19-7-9-21(10-8-19)24(25)27/h3-14H,15-16H2,1-2H3,(H2,25,27). The number of hydrogen-bond donors (Lipinski definition) is 1. The molecule has 0 saturated heterocycles. The predicted octanol–water partition coefficient (Wildman–Crippen LogP) is 4.61. The van der Waals surface area contributed by atoms with Crippen LogP contribution in [0, 0.1) is 6.92 Å². The minimum absolute atomic E-state index is 0.313. The Hall–Kier alpha value is -3.60. The van der Waals surface area contributed by atoms with Crippen LogP contribution in [0.3, 0.4) is 0 Å². The third-order valence-electron chi connectivity index (χ3n) is 4.60. The van der Waals surface area contributed by atoms with Gasteiger partial charge in [-0.15, -0.1) is 0 Å². The lowest BCUT2D eigenvalue weighted by Gasteiger charge is -2.09. The number of rotatable bonds is 8. The molecule has 29 heavy (non-hydrogen) atoms. The maximum atomic E-state index is 11.1. The average Bonchev–Trinajstić information content (AvgIpc) is 2.74. The molecule has 0 bridgehead atoms. The molecule has 2 N–H and O–H groups in total. The topological polar surface area (TPSA) is 73.9 Å². The molecule has 0 aromatic heterocycles. The Balaban J connectivity index is 1.53. The summed E-state index contributed by atoms with van der Waals surface area (Å²) in [6.07, 6.45) is 0. The second kappa shape index (κ2) is 9.55. The molecule has 3 rings (SSSR count). The first-order chi connectivity index (χ1) is 14.0. The van der Waals surface area contributed by atoms with E-state index in [0.717, 1.165) is 22.6 Å². The van der Waals surface area contributed by atoms with Crippen molar-refractivity contribution in [1.29, 1.82) is 0 Å². The molecule has 0 aliphatic carbocycles. The van der Waals surface area contributed by atoms with E-state index in [2.05, 4.69) is 24.2 Å². The highest BCUT2D eigenvalue weighted by molar-refractivity contribution is 5.98. The van der Waals surface area contributed by atoms with Crippen molar-refractivity contribution in [2.75, 3.05) is 0 Å². The number of carbonyl (C=O) groups excluding carboxylic acids is 1. The highest BCUT2D eigenvalue weighted by atomic mass is 16.6. The van der Waals surface area contributed by atoms with Crippen LogP contribution in [0.2, 0.25) is 0 Å². The van der Waals surface area contributed by atoms with E-state index in [1.54, 1.807) is 24.3 Å². The first kappa shape index (κ1) is 20.1. The van der Waals surface area contributed by atoms with Crippen LogP contribution in [0.25, 0.3) is 0 Å². The fraction of sp³-hybridized carbons (Fsp3) is 0.167. The zero-order valence-corrected chi connectivity index (χ0v) is 16.6. The number of carbonyl (C=O) groups is 1. The lowest BCUT2D eigenvalue weighted by Crippen LogP contribution is -2.10. The number of nitrogens with zero attached hydrogens (tertiary/aromatic N) is 1. The van der Waals surface area contributed by atoms with Gasteiger partial charge >= 0.3 is 0 Å². The van der Waals surface area contributed by atoms with Gasteiger partial charge in [0.1, 0.15) is 19.0 Å². The van der Waals surface area contributed by atoms with Crippen molar-refractivity contribution in [2.24, 2.45) is 10.9 Å². The summed E-state index contributed by atoms with van der Waals surface area (Å²) < 4.78 is 5.87. The third kappa shape index (κ3) is 5.69. The van der Waals surface area contributed by atoms with Gasteiger partial charge in [0.05, 0.1) is 5.71 Å². The molecule has 148 valence electrons. The summed E-state index contributed by atoms with van der Waals surface area (Å²) in [6.45, 7) is 4.82. The van der Waals surface area contributed by atoms with E-state index in [9.17, 15) is 4.79 Å². The van der Waals surface area contributed by atoms with E-state index in [1.165, 1.54) is 11.1 Å². The van der Waals surface area contributed by atoms with Gasteiger partial charge < -0.3 is 15.3 Å². The van der Waals surface area contributed by atoms with Gasteiger partial charge in [0.15, 0.2) is 0 Å². The van der Waals surface area contributed by atoms with Crippen LogP contribution in [-0.2, 0) is 18.1 Å². The SMILES string of the molecule is CC(=NOCc1ccc(C(N)=O)cc1)c1ccc(OCc2ccccc2C)cc1. The molecule has 0 unspecified atom stereocenters. The molecule has 0 fully saturated rings. The van der Waals surface area contributed by atoms with Crippen molar-refractivity contribution < 1.29 is 14.4 Å². The maximum absolute atomic E-state index is 11.1. The Labute approximate surface area is 170 Å². The van der Waals surface area contributed by atoms with Crippen LogP contribution >= 0.6 is 0 Å². The number of hydrogen-bond acceptors (Lipinski definition) is 4. The van der Waals surface area contributed by atoms with Crippen molar-refractivity contribution >= 4 is 11.6 Å². The van der Waals surface area contributed by atoms with Crippen molar-refractivity contribution in [2.45, 2.75) is 27.1 Å². The van der Waals surface area contributed by atoms with Gasteiger partial charge in [0, 0.05) is 5.56 Å². The molecule has 5 nitrogen and oxygen atoms in total. The van der Waals surface area contributed by atoms with E-state index in [0.29, 0.717) is 18.8 Å². The highest BCUT2D eigenvalue weighted by Gasteiger charge is 2.03. The quantitative estimate of drug-likeness (QED) is 0.452. The lowest BCUT2D eigenvalue weighted by molar-refractivity contribution is 0.1000. The molecule has 5 heteroatoms. The molecular formula is C24H24N2O3. The van der Waals surface area contributed by atoms with Gasteiger partial charge in [-0.2, -0.15) is 0 Å². The third-order valence-corrected chi connectivity index (χ3v) is 4.60. The number of primary amides is 1. The summed E-state index contributed by atoms with van der Waals surface area (Å²) in [5, 5.41) is 4.17. The second-order valence-corrected chi connectivity index (χ2v) is 6.75. The highest BCUT2D eigenvalue weighted by Crippen LogP contribution is 2.16. The van der Waals surface area contributed by atoms with Gasteiger partial charge in [0.25, 0.3) is 0 Å². The Kier molecular flexibility index (Phi) is 6.63. The van der Waals surface area contributed by atoms with Crippen LogP contribution in [0.4, 0.5) is 0 Å². The van der Waals surface area contributed by atoms with Crippen LogP contribution in [0.1, 0.15) is 39.5 Å². The van der Waals surface area contributed by atoms with E-state index in [1.807, 2.05) is 43.3 Å². The van der Waals surface area contributed by atoms with Crippen molar-refractivity contribution in [3.8, 4) is 5.75 Å². The number of oxime groups is 1. The molecular weight excluding hydrogens is 364 g/mol. The van der Waals surface area contributed by atoms with Crippen LogP contribution in [-0.4, -0.2) is 11.6 Å². The first-order valence-electron chi connectivity index (χ1n) is 9.36. The molecule has 3 aromatic rings. The van der Waals surface area contributed by atoms with Gasteiger partial charge in [-0.05, 0) is 72.5 Å².